The lowest BCUT2D eigenvalue weighted by molar-refractivity contribution is 1.25. The number of imidazole rings is 1. The second kappa shape index (κ2) is 10.3. The van der Waals surface area contributed by atoms with E-state index in [1.807, 2.05) is 22.7 Å². The Morgan fingerprint density at radius 2 is 1.02 bits per heavy atom. The molecule has 11 aromatic rings. The molecule has 0 aliphatic rings. The van der Waals surface area contributed by atoms with Crippen molar-refractivity contribution in [2.45, 2.75) is 0 Å². The number of aromatic nitrogens is 2. The van der Waals surface area contributed by atoms with Crippen LogP contribution in [0.15, 0.2) is 158 Å². The van der Waals surface area contributed by atoms with Crippen molar-refractivity contribution in [3.63, 3.8) is 0 Å². The lowest BCUT2D eigenvalue weighted by atomic mass is 9.98. The number of para-hydroxylation sites is 2. The first-order valence-electron chi connectivity index (χ1n) is 16.5. The molecule has 0 saturated heterocycles. The first kappa shape index (κ1) is 27.2. The number of pyridine rings is 1. The maximum absolute atomic E-state index is 5.20. The topological polar surface area (TPSA) is 17.3 Å². The number of hydrogen-bond acceptors (Lipinski definition) is 3. The Labute approximate surface area is 289 Å². The smallest absolute Gasteiger partial charge is 0.156 e. The van der Waals surface area contributed by atoms with Gasteiger partial charge in [0.2, 0.25) is 0 Å². The molecule has 0 radical (unpaired) electrons. The monoisotopic (exact) mass is 658 g/mol. The van der Waals surface area contributed by atoms with E-state index < -0.39 is 0 Å². The normalized spacial score (nSPS) is 12.1. The molecule has 0 fully saturated rings. The number of thiophene rings is 2. The molecule has 0 unspecified atom stereocenters. The molecule has 0 amide bonds. The van der Waals surface area contributed by atoms with Crippen LogP contribution in [0.1, 0.15) is 0 Å². The van der Waals surface area contributed by atoms with E-state index >= 15 is 0 Å². The summed E-state index contributed by atoms with van der Waals surface area (Å²) in [6.07, 6.45) is 0. The highest BCUT2D eigenvalue weighted by atomic mass is 32.1. The molecule has 0 aliphatic carbocycles. The minimum Gasteiger partial charge on any atom is -0.291 e. The third-order valence-electron chi connectivity index (χ3n) is 9.99. The summed E-state index contributed by atoms with van der Waals surface area (Å²) in [4.78, 5) is 5.20. The Morgan fingerprint density at radius 1 is 0.408 bits per heavy atom. The Kier molecular flexibility index (Phi) is 5.74. The van der Waals surface area contributed by atoms with Crippen molar-refractivity contribution >= 4 is 90.5 Å². The Morgan fingerprint density at radius 3 is 1.84 bits per heavy atom. The van der Waals surface area contributed by atoms with Gasteiger partial charge in [-0.3, -0.25) is 4.40 Å². The van der Waals surface area contributed by atoms with Crippen molar-refractivity contribution in [3.05, 3.63) is 158 Å². The molecule has 0 N–H and O–H groups in total. The minimum absolute atomic E-state index is 1.02. The molecule has 0 aliphatic heterocycles. The molecule has 228 valence electrons. The second-order valence-corrected chi connectivity index (χ2v) is 14.9. The summed E-state index contributed by atoms with van der Waals surface area (Å²) >= 11 is 3.71. The van der Waals surface area contributed by atoms with Crippen LogP contribution in [-0.2, 0) is 0 Å². The number of nitrogens with zero attached hydrogens (tertiary/aromatic N) is 2. The predicted octanol–water partition coefficient (Wildman–Crippen LogP) is 13.4. The van der Waals surface area contributed by atoms with Gasteiger partial charge in [-0.2, -0.15) is 0 Å². The van der Waals surface area contributed by atoms with Gasteiger partial charge >= 0.3 is 0 Å². The van der Waals surface area contributed by atoms with E-state index in [1.165, 1.54) is 78.9 Å². The Hall–Kier alpha value is -5.81. The Balaban J connectivity index is 1.01. The summed E-state index contributed by atoms with van der Waals surface area (Å²) in [5, 5.41) is 7.75. The van der Waals surface area contributed by atoms with Crippen LogP contribution >= 0.6 is 22.7 Å². The van der Waals surface area contributed by atoms with Gasteiger partial charge in [0.05, 0.1) is 21.4 Å². The molecule has 11 rings (SSSR count). The van der Waals surface area contributed by atoms with Gasteiger partial charge in [0.25, 0.3) is 0 Å². The Bertz CT molecular complexity index is 3090. The summed E-state index contributed by atoms with van der Waals surface area (Å²) < 4.78 is 7.55. The van der Waals surface area contributed by atoms with Crippen molar-refractivity contribution in [1.29, 1.82) is 0 Å². The van der Waals surface area contributed by atoms with E-state index in [9.17, 15) is 0 Å². The van der Waals surface area contributed by atoms with Crippen molar-refractivity contribution in [1.82, 2.24) is 9.38 Å². The lowest BCUT2D eigenvalue weighted by Gasteiger charge is -2.10. The second-order valence-electron chi connectivity index (χ2n) is 12.8. The molecule has 4 heteroatoms. The molecule has 49 heavy (non-hydrogen) atoms. The molecule has 0 bridgehead atoms. The number of benzene rings is 7. The standard InChI is InChI=1S/C45H26N2S2/c1-2-8-32-25-43-36(23-31(32)7-1)37-26-40(47-39-11-5-4-10-38(39)46-45(47)44(37)49-43)30-19-17-28(18-20-30)27-13-15-29(16-14-27)33-21-22-42-35(24-33)34-9-3-6-12-41(34)48-42/h1-26H. The van der Waals surface area contributed by atoms with Gasteiger partial charge in [-0.15, -0.1) is 22.7 Å². The minimum atomic E-state index is 1.02. The van der Waals surface area contributed by atoms with Crippen LogP contribution in [-0.4, -0.2) is 9.38 Å². The SMILES string of the molecule is c1ccc2cc3c(cc2c1)sc1c3cc(-c2ccc(-c3ccc(-c4ccc5sc6ccccc6c5c4)cc3)cc2)n2c3ccccc3nc12. The molecule has 0 atom stereocenters. The predicted molar refractivity (Wildman–Crippen MR) is 212 cm³/mol. The molecule has 4 aromatic heterocycles. The van der Waals surface area contributed by atoms with Gasteiger partial charge in [-0.25, -0.2) is 4.98 Å². The highest BCUT2D eigenvalue weighted by Gasteiger charge is 2.18. The molecule has 4 heterocycles. The highest BCUT2D eigenvalue weighted by Crippen LogP contribution is 2.42. The third-order valence-corrected chi connectivity index (χ3v) is 12.3. The average molecular weight is 659 g/mol. The quantitative estimate of drug-likeness (QED) is 0.185. The highest BCUT2D eigenvalue weighted by molar-refractivity contribution is 7.26. The van der Waals surface area contributed by atoms with Crippen LogP contribution in [0.4, 0.5) is 0 Å². The fraction of sp³-hybridized carbons (Fsp3) is 0. The van der Waals surface area contributed by atoms with Crippen LogP contribution in [0.5, 0.6) is 0 Å². The maximum atomic E-state index is 5.20. The summed E-state index contributed by atoms with van der Waals surface area (Å²) in [6.45, 7) is 0. The van der Waals surface area contributed by atoms with Gasteiger partial charge in [-0.05, 0) is 87.1 Å². The summed E-state index contributed by atoms with van der Waals surface area (Å²) in [6, 6.07) is 57.7. The molecule has 7 aromatic carbocycles. The van der Waals surface area contributed by atoms with Crippen molar-refractivity contribution < 1.29 is 0 Å². The average Bonchev–Trinajstić information content (AvgIpc) is 3.85. The van der Waals surface area contributed by atoms with Gasteiger partial charge in [-0.1, -0.05) is 109 Å². The van der Waals surface area contributed by atoms with Crippen molar-refractivity contribution in [2.75, 3.05) is 0 Å². The third kappa shape index (κ3) is 4.15. The summed E-state index contributed by atoms with van der Waals surface area (Å²) in [5.74, 6) is 0. The molecular formula is C45H26N2S2. The van der Waals surface area contributed by atoms with E-state index in [1.54, 1.807) is 0 Å². The van der Waals surface area contributed by atoms with Gasteiger partial charge in [0.1, 0.15) is 0 Å². The van der Waals surface area contributed by atoms with Gasteiger partial charge in [0.15, 0.2) is 5.65 Å². The van der Waals surface area contributed by atoms with Crippen LogP contribution in [0.25, 0.3) is 101 Å². The van der Waals surface area contributed by atoms with Crippen molar-refractivity contribution in [2.24, 2.45) is 0 Å². The fourth-order valence-corrected chi connectivity index (χ4v) is 9.82. The van der Waals surface area contributed by atoms with Gasteiger partial charge < -0.3 is 0 Å². The van der Waals surface area contributed by atoms with Crippen LogP contribution in [0.2, 0.25) is 0 Å². The zero-order valence-corrected chi connectivity index (χ0v) is 27.9. The van der Waals surface area contributed by atoms with Crippen LogP contribution < -0.4 is 0 Å². The zero-order chi connectivity index (χ0) is 32.1. The molecule has 0 spiro atoms. The van der Waals surface area contributed by atoms with Gasteiger partial charge in [0, 0.05) is 35.6 Å². The van der Waals surface area contributed by atoms with E-state index in [-0.39, 0.29) is 0 Å². The van der Waals surface area contributed by atoms with Crippen LogP contribution in [0, 0.1) is 0 Å². The number of fused-ring (bicyclic) bond motifs is 11. The molecule has 0 saturated carbocycles. The lowest BCUT2D eigenvalue weighted by Crippen LogP contribution is -1.93. The largest absolute Gasteiger partial charge is 0.291 e. The molecular weight excluding hydrogens is 633 g/mol. The maximum Gasteiger partial charge on any atom is 0.156 e. The van der Waals surface area contributed by atoms with E-state index in [0.29, 0.717) is 0 Å². The fourth-order valence-electron chi connectivity index (χ4n) is 7.54. The van der Waals surface area contributed by atoms with E-state index in [0.717, 1.165) is 22.4 Å². The summed E-state index contributed by atoms with van der Waals surface area (Å²) in [7, 11) is 0. The molecule has 2 nitrogen and oxygen atoms in total. The first-order valence-corrected chi connectivity index (χ1v) is 18.2. The van der Waals surface area contributed by atoms with E-state index in [4.69, 9.17) is 4.98 Å². The number of rotatable bonds is 3. The number of hydrogen-bond donors (Lipinski definition) is 0. The van der Waals surface area contributed by atoms with Crippen LogP contribution in [0.3, 0.4) is 0 Å². The van der Waals surface area contributed by atoms with Crippen molar-refractivity contribution in [3.8, 4) is 33.5 Å². The first-order chi connectivity index (χ1) is 24.2. The summed E-state index contributed by atoms with van der Waals surface area (Å²) in [5.41, 5.74) is 10.4. The van der Waals surface area contributed by atoms with E-state index in [2.05, 4.69) is 162 Å². The zero-order valence-electron chi connectivity index (χ0n) is 26.2.